The number of methoxy groups -OCH3 is 3. The van der Waals surface area contributed by atoms with Crippen molar-refractivity contribution in [3.8, 4) is 0 Å². The van der Waals surface area contributed by atoms with Crippen molar-refractivity contribution in [2.75, 3.05) is 42.2 Å². The van der Waals surface area contributed by atoms with Gasteiger partial charge in [-0.3, -0.25) is 0 Å². The van der Waals surface area contributed by atoms with E-state index in [2.05, 4.69) is 14.2 Å². The summed E-state index contributed by atoms with van der Waals surface area (Å²) < 4.78 is 13.0. The van der Waals surface area contributed by atoms with Crippen LogP contribution in [0.25, 0.3) is 0 Å². The Morgan fingerprint density at radius 2 is 0.900 bits per heavy atom. The summed E-state index contributed by atoms with van der Waals surface area (Å²) in [6.45, 7) is 2.78. The van der Waals surface area contributed by atoms with Gasteiger partial charge in [-0.1, -0.05) is 0 Å². The quantitative estimate of drug-likeness (QED) is 0.564. The molecule has 0 aromatic rings. The van der Waals surface area contributed by atoms with Gasteiger partial charge in [-0.05, 0) is 6.92 Å². The molecule has 0 spiro atoms. The fraction of sp³-hybridized carbons (Fsp3) is 1.00. The van der Waals surface area contributed by atoms with E-state index in [4.69, 9.17) is 0 Å². The molecule has 0 fully saturated rings. The maximum Gasteiger partial charge on any atom is 0.0433 e. The lowest BCUT2D eigenvalue weighted by Crippen LogP contribution is -1.73. The van der Waals surface area contributed by atoms with Crippen molar-refractivity contribution in [1.29, 1.82) is 0 Å². The molecular weight excluding hydrogens is 132 g/mol. The molecule has 66 valence electrons. The zero-order valence-electron chi connectivity index (χ0n) is 7.93. The number of ether oxygens (including phenoxy) is 3. The highest BCUT2D eigenvalue weighted by Crippen LogP contribution is 1.52. The van der Waals surface area contributed by atoms with Crippen LogP contribution in [0, 0.1) is 0 Å². The van der Waals surface area contributed by atoms with Gasteiger partial charge < -0.3 is 14.2 Å². The summed E-state index contributed by atoms with van der Waals surface area (Å²) in [7, 11) is 8.18. The van der Waals surface area contributed by atoms with Crippen molar-refractivity contribution in [3.05, 3.63) is 0 Å². The molecule has 0 aromatic carbocycles. The topological polar surface area (TPSA) is 27.7 Å². The molecule has 0 saturated heterocycles. The van der Waals surface area contributed by atoms with Crippen LogP contribution in [-0.2, 0) is 14.2 Å². The van der Waals surface area contributed by atoms with E-state index < -0.39 is 0 Å². The maximum atomic E-state index is 4.54. The third-order valence-corrected chi connectivity index (χ3v) is 0.289. The van der Waals surface area contributed by atoms with Crippen LogP contribution in [0.4, 0.5) is 0 Å². The van der Waals surface area contributed by atoms with Gasteiger partial charge in [-0.25, -0.2) is 0 Å². The second kappa shape index (κ2) is 36.6. The Morgan fingerprint density at radius 1 is 0.800 bits per heavy atom. The van der Waals surface area contributed by atoms with Gasteiger partial charge in [0.15, 0.2) is 0 Å². The Labute approximate surface area is 64.3 Å². The van der Waals surface area contributed by atoms with Gasteiger partial charge >= 0.3 is 0 Å². The molecule has 0 bridgehead atoms. The molecule has 0 aliphatic rings. The molecule has 0 N–H and O–H groups in total. The minimum atomic E-state index is 0.819. The lowest BCUT2D eigenvalue weighted by molar-refractivity contribution is 0.215. The molecule has 0 amide bonds. The minimum absolute atomic E-state index is 0.819. The van der Waals surface area contributed by atoms with Crippen molar-refractivity contribution in [1.82, 2.24) is 0 Å². The molecule has 3 heteroatoms. The molecule has 0 unspecified atom stereocenters. The summed E-state index contributed by atoms with van der Waals surface area (Å²) in [5.74, 6) is 0. The van der Waals surface area contributed by atoms with Crippen LogP contribution in [0.5, 0.6) is 0 Å². The monoisotopic (exact) mass is 152 g/mol. The van der Waals surface area contributed by atoms with Crippen LogP contribution in [0.3, 0.4) is 0 Å². The summed E-state index contributed by atoms with van der Waals surface area (Å²) in [6.07, 6.45) is 0. The van der Waals surface area contributed by atoms with Crippen molar-refractivity contribution in [3.63, 3.8) is 0 Å². The maximum absolute atomic E-state index is 4.54. The average molecular weight is 152 g/mol. The highest BCUT2D eigenvalue weighted by atomic mass is 16.5. The Kier molecular flexibility index (Phi) is 60.3. The van der Waals surface area contributed by atoms with E-state index in [-0.39, 0.29) is 0 Å². The van der Waals surface area contributed by atoms with Crippen molar-refractivity contribution >= 4 is 0 Å². The van der Waals surface area contributed by atoms with E-state index in [0.29, 0.717) is 0 Å². The van der Waals surface area contributed by atoms with E-state index >= 15 is 0 Å². The lowest BCUT2D eigenvalue weighted by atomic mass is 10.9. The first-order chi connectivity index (χ1) is 4.74. The summed E-state index contributed by atoms with van der Waals surface area (Å²) in [5, 5.41) is 0. The molecule has 0 aromatic heterocycles. The van der Waals surface area contributed by atoms with Gasteiger partial charge in [-0.2, -0.15) is 0 Å². The van der Waals surface area contributed by atoms with Gasteiger partial charge in [0, 0.05) is 42.2 Å². The molecule has 0 aliphatic heterocycles. The van der Waals surface area contributed by atoms with Crippen molar-refractivity contribution < 1.29 is 14.2 Å². The predicted molar refractivity (Wildman–Crippen MR) is 43.4 cm³/mol. The summed E-state index contributed by atoms with van der Waals surface area (Å²) in [6, 6.07) is 0. The molecule has 0 radical (unpaired) electrons. The number of rotatable bonds is 1. The standard InChI is InChI=1S/C3H8O.2C2H6O/c1-3-4-2;2*1-3-2/h3H2,1-2H3;2*1-2H3. The van der Waals surface area contributed by atoms with Crippen LogP contribution < -0.4 is 0 Å². The fourth-order valence-electron chi connectivity index (χ4n) is 0. The third-order valence-electron chi connectivity index (χ3n) is 0.289. The molecule has 3 nitrogen and oxygen atoms in total. The Bertz CT molecular complexity index is 20.8. The fourth-order valence-corrected chi connectivity index (χ4v) is 0. The van der Waals surface area contributed by atoms with Gasteiger partial charge in [0.1, 0.15) is 0 Å². The Hall–Kier alpha value is -0.120. The lowest BCUT2D eigenvalue weighted by Gasteiger charge is -1.76. The van der Waals surface area contributed by atoms with Gasteiger partial charge in [0.2, 0.25) is 0 Å². The van der Waals surface area contributed by atoms with E-state index in [1.165, 1.54) is 0 Å². The highest BCUT2D eigenvalue weighted by molar-refractivity contribution is 3.94. The van der Waals surface area contributed by atoms with Crippen LogP contribution in [0.2, 0.25) is 0 Å². The molecule has 0 rings (SSSR count). The predicted octanol–water partition coefficient (Wildman–Crippen LogP) is 1.18. The third kappa shape index (κ3) is 482. The van der Waals surface area contributed by atoms with Crippen LogP contribution in [0.15, 0.2) is 0 Å². The van der Waals surface area contributed by atoms with Crippen molar-refractivity contribution in [2.45, 2.75) is 6.92 Å². The summed E-state index contributed by atoms with van der Waals surface area (Å²) in [5.41, 5.74) is 0. The highest BCUT2D eigenvalue weighted by Gasteiger charge is 1.51. The molecule has 0 heterocycles. The van der Waals surface area contributed by atoms with Crippen molar-refractivity contribution in [2.24, 2.45) is 0 Å². The minimum Gasteiger partial charge on any atom is -0.388 e. The molecule has 0 saturated carbocycles. The normalized spacial score (nSPS) is 6.60. The molecular formula is C7H20O3. The zero-order valence-corrected chi connectivity index (χ0v) is 7.93. The second-order valence-corrected chi connectivity index (χ2v) is 1.39. The average Bonchev–Trinajstić information content (AvgIpc) is 1.91. The second-order valence-electron chi connectivity index (χ2n) is 1.39. The first kappa shape index (κ1) is 16.5. The molecule has 10 heavy (non-hydrogen) atoms. The van der Waals surface area contributed by atoms with Gasteiger partial charge in [0.05, 0.1) is 0 Å². The molecule has 0 aliphatic carbocycles. The summed E-state index contributed by atoms with van der Waals surface area (Å²) in [4.78, 5) is 0. The zero-order chi connectivity index (χ0) is 8.83. The summed E-state index contributed by atoms with van der Waals surface area (Å²) >= 11 is 0. The van der Waals surface area contributed by atoms with Crippen LogP contribution >= 0.6 is 0 Å². The van der Waals surface area contributed by atoms with Crippen LogP contribution in [-0.4, -0.2) is 42.2 Å². The van der Waals surface area contributed by atoms with Gasteiger partial charge in [0.25, 0.3) is 0 Å². The number of hydrogen-bond acceptors (Lipinski definition) is 3. The van der Waals surface area contributed by atoms with Gasteiger partial charge in [-0.15, -0.1) is 0 Å². The van der Waals surface area contributed by atoms with E-state index in [9.17, 15) is 0 Å². The van der Waals surface area contributed by atoms with E-state index in [1.807, 2.05) is 6.92 Å². The van der Waals surface area contributed by atoms with E-state index in [0.717, 1.165) is 6.61 Å². The first-order valence-electron chi connectivity index (χ1n) is 3.04. The first-order valence-corrected chi connectivity index (χ1v) is 3.04. The Balaban J connectivity index is -0.0000000750. The smallest absolute Gasteiger partial charge is 0.0433 e. The van der Waals surface area contributed by atoms with E-state index in [1.54, 1.807) is 35.5 Å². The molecule has 0 atom stereocenters. The largest absolute Gasteiger partial charge is 0.388 e. The number of hydrogen-bond donors (Lipinski definition) is 0. The van der Waals surface area contributed by atoms with Crippen LogP contribution in [0.1, 0.15) is 6.92 Å². The SMILES string of the molecule is CCOC.COC.COC. The Morgan fingerprint density at radius 3 is 0.900 bits per heavy atom.